The largest absolute Gasteiger partial charge is 0.354 e. The smallest absolute Gasteiger partial charge is 0.264 e. The minimum Gasteiger partial charge on any atom is -0.354 e. The fourth-order valence-electron chi connectivity index (χ4n) is 3.54. The molecule has 0 saturated heterocycles. The number of nitrogens with one attached hydrogen (secondary N) is 1. The molecule has 1 aliphatic carbocycles. The number of carbonyl (C=O) groups is 1. The van der Waals surface area contributed by atoms with Gasteiger partial charge >= 0.3 is 0 Å². The van der Waals surface area contributed by atoms with Gasteiger partial charge in [-0.25, -0.2) is 8.42 Å². The molecule has 168 valence electrons. The van der Waals surface area contributed by atoms with Gasteiger partial charge in [0.2, 0.25) is 5.91 Å². The van der Waals surface area contributed by atoms with Gasteiger partial charge in [0, 0.05) is 17.5 Å². The molecule has 0 heterocycles. The first-order valence-corrected chi connectivity index (χ1v) is 13.5. The van der Waals surface area contributed by atoms with Crippen LogP contribution in [0.25, 0.3) is 0 Å². The van der Waals surface area contributed by atoms with Gasteiger partial charge in [0.05, 0.1) is 20.6 Å². The first kappa shape index (κ1) is 24.2. The minimum absolute atomic E-state index is 0.0756. The summed E-state index contributed by atoms with van der Waals surface area (Å²) in [5.41, 5.74) is 0.171. The van der Waals surface area contributed by atoms with E-state index >= 15 is 0 Å². The van der Waals surface area contributed by atoms with Gasteiger partial charge in [0.25, 0.3) is 10.0 Å². The molecule has 0 unspecified atom stereocenters. The number of thioether (sulfide) groups is 1. The summed E-state index contributed by atoms with van der Waals surface area (Å²) in [6.07, 6.45) is 6.32. The van der Waals surface area contributed by atoms with Gasteiger partial charge in [-0.05, 0) is 37.1 Å². The third-order valence-electron chi connectivity index (χ3n) is 5.15. The highest BCUT2D eigenvalue weighted by molar-refractivity contribution is 7.99. The Bertz CT molecular complexity index is 982. The molecule has 31 heavy (non-hydrogen) atoms. The van der Waals surface area contributed by atoms with E-state index in [1.54, 1.807) is 36.4 Å². The van der Waals surface area contributed by atoms with E-state index < -0.39 is 10.0 Å². The van der Waals surface area contributed by atoms with Crippen molar-refractivity contribution in [3.8, 4) is 0 Å². The molecule has 1 aliphatic rings. The van der Waals surface area contributed by atoms with Crippen LogP contribution >= 0.6 is 35.0 Å². The lowest BCUT2D eigenvalue weighted by atomic mass is 10.0. The van der Waals surface area contributed by atoms with Crippen LogP contribution in [0.1, 0.15) is 32.1 Å². The van der Waals surface area contributed by atoms with Crippen molar-refractivity contribution in [3.05, 3.63) is 58.6 Å². The highest BCUT2D eigenvalue weighted by Crippen LogP contribution is 2.35. The van der Waals surface area contributed by atoms with Crippen LogP contribution in [0.5, 0.6) is 0 Å². The van der Waals surface area contributed by atoms with Crippen LogP contribution in [0.15, 0.2) is 53.4 Å². The van der Waals surface area contributed by atoms with Crippen LogP contribution in [0, 0.1) is 0 Å². The number of anilines is 1. The highest BCUT2D eigenvalue weighted by Gasteiger charge is 2.29. The molecule has 1 saturated carbocycles. The zero-order valence-electron chi connectivity index (χ0n) is 17.1. The van der Waals surface area contributed by atoms with Crippen molar-refractivity contribution < 1.29 is 13.2 Å². The summed E-state index contributed by atoms with van der Waals surface area (Å²) < 4.78 is 27.6. The standard InChI is InChI=1S/C22H26Cl2N2O3S2/c23-19-12-7-13-20(22(19)24)26(31(28,29)18-10-5-2-6-11-18)16-21(27)25-14-15-30-17-8-3-1-4-9-17/h2,5-7,10-13,17H,1,3-4,8-9,14-16H2,(H,25,27). The average Bonchev–Trinajstić information content (AvgIpc) is 2.78. The molecule has 0 radical (unpaired) electrons. The third-order valence-corrected chi connectivity index (χ3v) is 9.11. The van der Waals surface area contributed by atoms with Gasteiger partial charge in [-0.2, -0.15) is 11.8 Å². The van der Waals surface area contributed by atoms with Crippen LogP contribution in [-0.4, -0.2) is 38.4 Å². The lowest BCUT2D eigenvalue weighted by molar-refractivity contribution is -0.119. The molecule has 5 nitrogen and oxygen atoms in total. The Morgan fingerprint density at radius 2 is 1.74 bits per heavy atom. The molecule has 0 atom stereocenters. The van der Waals surface area contributed by atoms with Crippen LogP contribution in [0.4, 0.5) is 5.69 Å². The van der Waals surface area contributed by atoms with Gasteiger partial charge in [0.1, 0.15) is 6.54 Å². The fourth-order valence-corrected chi connectivity index (χ4v) is 6.66. The molecule has 0 aliphatic heterocycles. The quantitative estimate of drug-likeness (QED) is 0.469. The molecule has 1 N–H and O–H groups in total. The summed E-state index contributed by atoms with van der Waals surface area (Å²) in [5.74, 6) is 0.416. The fraction of sp³-hybridized carbons (Fsp3) is 0.409. The van der Waals surface area contributed by atoms with Crippen molar-refractivity contribution in [2.75, 3.05) is 23.1 Å². The topological polar surface area (TPSA) is 66.5 Å². The number of hydrogen-bond acceptors (Lipinski definition) is 4. The van der Waals surface area contributed by atoms with Crippen molar-refractivity contribution in [2.24, 2.45) is 0 Å². The number of nitrogens with zero attached hydrogens (tertiary/aromatic N) is 1. The summed E-state index contributed by atoms with van der Waals surface area (Å²) in [7, 11) is -4.01. The molecule has 0 bridgehead atoms. The Morgan fingerprint density at radius 1 is 1.03 bits per heavy atom. The van der Waals surface area contributed by atoms with Crippen LogP contribution < -0.4 is 9.62 Å². The molecule has 0 aromatic heterocycles. The molecular formula is C22H26Cl2N2O3S2. The number of benzene rings is 2. The van der Waals surface area contributed by atoms with Crippen LogP contribution in [0.3, 0.4) is 0 Å². The first-order valence-electron chi connectivity index (χ1n) is 10.3. The molecule has 1 fully saturated rings. The van der Waals surface area contributed by atoms with Crippen molar-refractivity contribution >= 4 is 56.6 Å². The molecule has 0 spiro atoms. The monoisotopic (exact) mass is 500 g/mol. The molecule has 2 aromatic rings. The third kappa shape index (κ3) is 6.54. The van der Waals surface area contributed by atoms with Crippen molar-refractivity contribution in [1.29, 1.82) is 0 Å². The van der Waals surface area contributed by atoms with E-state index in [1.165, 1.54) is 44.2 Å². The number of halogens is 2. The second-order valence-corrected chi connectivity index (χ2v) is 11.4. The Labute approximate surface area is 198 Å². The summed E-state index contributed by atoms with van der Waals surface area (Å²) in [6, 6.07) is 12.7. The second-order valence-electron chi connectivity index (χ2n) is 7.38. The van der Waals surface area contributed by atoms with E-state index in [1.807, 2.05) is 11.8 Å². The minimum atomic E-state index is -4.01. The van der Waals surface area contributed by atoms with Crippen LogP contribution in [0.2, 0.25) is 10.0 Å². The molecule has 3 rings (SSSR count). The lowest BCUT2D eigenvalue weighted by Crippen LogP contribution is -2.41. The summed E-state index contributed by atoms with van der Waals surface area (Å²) in [6.45, 7) is 0.105. The van der Waals surface area contributed by atoms with Crippen molar-refractivity contribution in [3.63, 3.8) is 0 Å². The Morgan fingerprint density at radius 3 is 2.45 bits per heavy atom. The predicted molar refractivity (Wildman–Crippen MR) is 130 cm³/mol. The summed E-state index contributed by atoms with van der Waals surface area (Å²) in [4.78, 5) is 12.7. The van der Waals surface area contributed by atoms with Gasteiger partial charge in [-0.1, -0.05) is 66.7 Å². The molecule has 9 heteroatoms. The molecule has 2 aromatic carbocycles. The van der Waals surface area contributed by atoms with E-state index in [0.717, 1.165) is 10.1 Å². The van der Waals surface area contributed by atoms with Crippen LogP contribution in [-0.2, 0) is 14.8 Å². The number of hydrogen-bond donors (Lipinski definition) is 1. The summed E-state index contributed by atoms with van der Waals surface area (Å²) >= 11 is 14.3. The second kappa shape index (κ2) is 11.5. The Kier molecular flexibility index (Phi) is 8.95. The zero-order valence-corrected chi connectivity index (χ0v) is 20.2. The van der Waals surface area contributed by atoms with E-state index in [9.17, 15) is 13.2 Å². The SMILES string of the molecule is O=C(CN(c1cccc(Cl)c1Cl)S(=O)(=O)c1ccccc1)NCCSC1CCCCC1. The lowest BCUT2D eigenvalue weighted by Gasteiger charge is -2.25. The zero-order chi connectivity index (χ0) is 22.3. The Hall–Kier alpha value is -1.41. The van der Waals surface area contributed by atoms with Crippen molar-refractivity contribution in [2.45, 2.75) is 42.2 Å². The van der Waals surface area contributed by atoms with Crippen molar-refractivity contribution in [1.82, 2.24) is 5.32 Å². The van der Waals surface area contributed by atoms with E-state index in [-0.39, 0.29) is 33.1 Å². The molecule has 1 amide bonds. The first-order chi connectivity index (χ1) is 14.9. The number of sulfonamides is 1. The van der Waals surface area contributed by atoms with Gasteiger partial charge in [-0.15, -0.1) is 0 Å². The number of rotatable bonds is 9. The Balaban J connectivity index is 1.71. The van der Waals surface area contributed by atoms with E-state index in [4.69, 9.17) is 23.2 Å². The van der Waals surface area contributed by atoms with Gasteiger partial charge in [0.15, 0.2) is 0 Å². The van der Waals surface area contributed by atoms with E-state index in [0.29, 0.717) is 11.8 Å². The maximum Gasteiger partial charge on any atom is 0.264 e. The van der Waals surface area contributed by atoms with Gasteiger partial charge < -0.3 is 5.32 Å². The average molecular weight is 502 g/mol. The number of amides is 1. The normalized spacial score (nSPS) is 14.9. The maximum absolute atomic E-state index is 13.3. The highest BCUT2D eigenvalue weighted by atomic mass is 35.5. The number of carbonyl (C=O) groups excluding carboxylic acids is 1. The van der Waals surface area contributed by atoms with Gasteiger partial charge in [-0.3, -0.25) is 9.10 Å². The van der Waals surface area contributed by atoms with E-state index in [2.05, 4.69) is 5.32 Å². The predicted octanol–water partition coefficient (Wildman–Crippen LogP) is 5.37. The molecular weight excluding hydrogens is 475 g/mol. The maximum atomic E-state index is 13.3. The summed E-state index contributed by atoms with van der Waals surface area (Å²) in [5, 5.41) is 3.80.